The van der Waals surface area contributed by atoms with E-state index in [0.29, 0.717) is 13.1 Å². The van der Waals surface area contributed by atoms with E-state index in [-0.39, 0.29) is 17.9 Å². The lowest BCUT2D eigenvalue weighted by Gasteiger charge is -2.32. The standard InChI is InChI=1S/C17H26N2O2/c1-3-19(12-13-8-10-14(21-2)11-9-13)17(20)15-6-4-5-7-16(15)18/h8-11,15-16H,3-7,12,18H2,1-2H3. The van der Waals surface area contributed by atoms with Gasteiger partial charge in [-0.25, -0.2) is 0 Å². The van der Waals surface area contributed by atoms with Crippen LogP contribution in [0.3, 0.4) is 0 Å². The third kappa shape index (κ3) is 3.97. The molecule has 116 valence electrons. The Morgan fingerprint density at radius 1 is 1.29 bits per heavy atom. The molecule has 1 aromatic carbocycles. The Morgan fingerprint density at radius 3 is 2.52 bits per heavy atom. The Kier molecular flexibility index (Phi) is 5.62. The van der Waals surface area contributed by atoms with Crippen LogP contribution in [0.5, 0.6) is 5.75 Å². The van der Waals surface area contributed by atoms with Gasteiger partial charge in [0.1, 0.15) is 5.75 Å². The van der Waals surface area contributed by atoms with Crippen LogP contribution >= 0.6 is 0 Å². The van der Waals surface area contributed by atoms with E-state index in [1.807, 2.05) is 36.1 Å². The van der Waals surface area contributed by atoms with Crippen molar-refractivity contribution in [3.8, 4) is 5.75 Å². The molecule has 1 aliphatic carbocycles. The van der Waals surface area contributed by atoms with Gasteiger partial charge in [0, 0.05) is 19.1 Å². The molecule has 0 radical (unpaired) electrons. The number of carbonyl (C=O) groups excluding carboxylic acids is 1. The summed E-state index contributed by atoms with van der Waals surface area (Å²) >= 11 is 0. The van der Waals surface area contributed by atoms with E-state index in [0.717, 1.165) is 37.0 Å². The molecule has 4 heteroatoms. The molecule has 0 bridgehead atoms. The third-order valence-electron chi connectivity index (χ3n) is 4.36. The number of benzene rings is 1. The first-order valence-corrected chi connectivity index (χ1v) is 7.83. The van der Waals surface area contributed by atoms with Crippen LogP contribution in [0, 0.1) is 5.92 Å². The van der Waals surface area contributed by atoms with Crippen molar-refractivity contribution in [1.82, 2.24) is 4.90 Å². The summed E-state index contributed by atoms with van der Waals surface area (Å²) in [6.45, 7) is 3.38. The first-order chi connectivity index (χ1) is 10.2. The van der Waals surface area contributed by atoms with Crippen molar-refractivity contribution in [1.29, 1.82) is 0 Å². The third-order valence-corrected chi connectivity index (χ3v) is 4.36. The summed E-state index contributed by atoms with van der Waals surface area (Å²) in [5, 5.41) is 0. The minimum atomic E-state index is -0.00283. The highest BCUT2D eigenvalue weighted by molar-refractivity contribution is 5.79. The highest BCUT2D eigenvalue weighted by Gasteiger charge is 2.31. The molecule has 1 saturated carbocycles. The number of methoxy groups -OCH3 is 1. The monoisotopic (exact) mass is 290 g/mol. The quantitative estimate of drug-likeness (QED) is 0.906. The molecule has 1 aromatic rings. The summed E-state index contributed by atoms with van der Waals surface area (Å²) in [4.78, 5) is 14.6. The summed E-state index contributed by atoms with van der Waals surface area (Å²) in [6.07, 6.45) is 4.16. The van der Waals surface area contributed by atoms with Crippen molar-refractivity contribution in [2.45, 2.75) is 45.2 Å². The SMILES string of the molecule is CCN(Cc1ccc(OC)cc1)C(=O)C1CCCCC1N. The first kappa shape index (κ1) is 15.8. The van der Waals surface area contributed by atoms with Crippen LogP contribution in [-0.2, 0) is 11.3 Å². The van der Waals surface area contributed by atoms with Crippen LogP contribution < -0.4 is 10.5 Å². The lowest BCUT2D eigenvalue weighted by atomic mass is 9.84. The molecule has 2 N–H and O–H groups in total. The van der Waals surface area contributed by atoms with Gasteiger partial charge in [0.05, 0.1) is 13.0 Å². The van der Waals surface area contributed by atoms with Crippen LogP contribution in [0.1, 0.15) is 38.2 Å². The highest BCUT2D eigenvalue weighted by Crippen LogP contribution is 2.25. The minimum absolute atomic E-state index is 0.00283. The van der Waals surface area contributed by atoms with Crippen LogP contribution in [0.25, 0.3) is 0 Å². The largest absolute Gasteiger partial charge is 0.497 e. The Balaban J connectivity index is 2.02. The van der Waals surface area contributed by atoms with Gasteiger partial charge >= 0.3 is 0 Å². The molecule has 4 nitrogen and oxygen atoms in total. The number of nitrogens with zero attached hydrogens (tertiary/aromatic N) is 1. The van der Waals surface area contributed by atoms with Gasteiger partial charge in [-0.2, -0.15) is 0 Å². The topological polar surface area (TPSA) is 55.6 Å². The fourth-order valence-corrected chi connectivity index (χ4v) is 3.00. The van der Waals surface area contributed by atoms with Gasteiger partial charge in [0.25, 0.3) is 0 Å². The number of nitrogens with two attached hydrogens (primary N) is 1. The normalized spacial score (nSPS) is 21.9. The van der Waals surface area contributed by atoms with Crippen LogP contribution in [0.15, 0.2) is 24.3 Å². The van der Waals surface area contributed by atoms with Gasteiger partial charge in [0.2, 0.25) is 5.91 Å². The summed E-state index contributed by atoms with van der Waals surface area (Å²) in [5.74, 6) is 1.04. The minimum Gasteiger partial charge on any atom is -0.497 e. The maximum Gasteiger partial charge on any atom is 0.227 e. The molecule has 1 aliphatic rings. The van der Waals surface area contributed by atoms with Crippen LogP contribution in [0.4, 0.5) is 0 Å². The fourth-order valence-electron chi connectivity index (χ4n) is 3.00. The van der Waals surface area contributed by atoms with Gasteiger partial charge < -0.3 is 15.4 Å². The molecule has 2 rings (SSSR count). The van der Waals surface area contributed by atoms with Gasteiger partial charge in [0.15, 0.2) is 0 Å². The van der Waals surface area contributed by atoms with Gasteiger partial charge in [-0.15, -0.1) is 0 Å². The molecule has 0 aliphatic heterocycles. The number of hydrogen-bond donors (Lipinski definition) is 1. The molecule has 21 heavy (non-hydrogen) atoms. The lowest BCUT2D eigenvalue weighted by Crippen LogP contribution is -2.45. The zero-order chi connectivity index (χ0) is 15.2. The molecule has 0 saturated heterocycles. The maximum absolute atomic E-state index is 12.7. The molecule has 1 amide bonds. The summed E-state index contributed by atoms with van der Waals surface area (Å²) in [7, 11) is 1.65. The molecular weight excluding hydrogens is 264 g/mol. The van der Waals surface area contributed by atoms with Crippen molar-refractivity contribution >= 4 is 5.91 Å². The van der Waals surface area contributed by atoms with E-state index in [2.05, 4.69) is 0 Å². The number of rotatable bonds is 5. The van der Waals surface area contributed by atoms with Gasteiger partial charge in [-0.05, 0) is 37.5 Å². The number of carbonyl (C=O) groups is 1. The van der Waals surface area contributed by atoms with Crippen molar-refractivity contribution < 1.29 is 9.53 Å². The molecule has 0 aromatic heterocycles. The second-order valence-electron chi connectivity index (χ2n) is 5.76. The van der Waals surface area contributed by atoms with E-state index in [4.69, 9.17) is 10.5 Å². The van der Waals surface area contributed by atoms with Crippen molar-refractivity contribution in [2.24, 2.45) is 11.7 Å². The van der Waals surface area contributed by atoms with E-state index in [1.165, 1.54) is 0 Å². The summed E-state index contributed by atoms with van der Waals surface area (Å²) in [6, 6.07) is 7.90. The zero-order valence-electron chi connectivity index (χ0n) is 13.0. The number of hydrogen-bond acceptors (Lipinski definition) is 3. The average Bonchev–Trinajstić information content (AvgIpc) is 2.53. The van der Waals surface area contributed by atoms with Gasteiger partial charge in [-0.3, -0.25) is 4.79 Å². The zero-order valence-corrected chi connectivity index (χ0v) is 13.0. The second-order valence-corrected chi connectivity index (χ2v) is 5.76. The predicted octanol–water partition coefficient (Wildman–Crippen LogP) is 2.56. The smallest absolute Gasteiger partial charge is 0.227 e. The van der Waals surface area contributed by atoms with Crippen molar-refractivity contribution in [2.75, 3.05) is 13.7 Å². The highest BCUT2D eigenvalue weighted by atomic mass is 16.5. The molecule has 1 fully saturated rings. The van der Waals surface area contributed by atoms with E-state index in [9.17, 15) is 4.79 Å². The van der Waals surface area contributed by atoms with Crippen LogP contribution in [-0.4, -0.2) is 30.5 Å². The number of amides is 1. The number of ether oxygens (including phenoxy) is 1. The van der Waals surface area contributed by atoms with E-state index >= 15 is 0 Å². The maximum atomic E-state index is 12.7. The average molecular weight is 290 g/mol. The Labute approximate surface area is 127 Å². The lowest BCUT2D eigenvalue weighted by molar-refractivity contribution is -0.137. The van der Waals surface area contributed by atoms with E-state index in [1.54, 1.807) is 7.11 Å². The summed E-state index contributed by atoms with van der Waals surface area (Å²) in [5.41, 5.74) is 7.26. The Hall–Kier alpha value is -1.55. The van der Waals surface area contributed by atoms with Crippen molar-refractivity contribution in [3.63, 3.8) is 0 Å². The second kappa shape index (κ2) is 7.46. The summed E-state index contributed by atoms with van der Waals surface area (Å²) < 4.78 is 5.16. The molecule has 2 unspecified atom stereocenters. The van der Waals surface area contributed by atoms with Gasteiger partial charge in [-0.1, -0.05) is 25.0 Å². The molecule has 2 atom stereocenters. The van der Waals surface area contributed by atoms with Crippen LogP contribution in [0.2, 0.25) is 0 Å². The fraction of sp³-hybridized carbons (Fsp3) is 0.588. The van der Waals surface area contributed by atoms with E-state index < -0.39 is 0 Å². The predicted molar refractivity (Wildman–Crippen MR) is 84.0 cm³/mol. The Bertz CT molecular complexity index is 458. The first-order valence-electron chi connectivity index (χ1n) is 7.83. The molecule has 0 heterocycles. The Morgan fingerprint density at radius 2 is 1.95 bits per heavy atom. The molecule has 0 spiro atoms. The molecular formula is C17H26N2O2. The van der Waals surface area contributed by atoms with Crippen molar-refractivity contribution in [3.05, 3.63) is 29.8 Å².